The number of pyridine rings is 1. The van der Waals surface area contributed by atoms with Crippen molar-refractivity contribution < 1.29 is 31.4 Å². The summed E-state index contributed by atoms with van der Waals surface area (Å²) in [5.74, 6) is -0.435. The number of aromatic nitrogens is 1. The van der Waals surface area contributed by atoms with Crippen molar-refractivity contribution in [2.24, 2.45) is 0 Å². The summed E-state index contributed by atoms with van der Waals surface area (Å²) in [6.07, 6.45) is -0.859. The fourth-order valence-electron chi connectivity index (χ4n) is 3.41. The molecule has 1 saturated carbocycles. The van der Waals surface area contributed by atoms with Crippen molar-refractivity contribution in [3.05, 3.63) is 42.1 Å². The monoisotopic (exact) mass is 415 g/mol. The molecule has 1 fully saturated rings. The predicted octanol–water partition coefficient (Wildman–Crippen LogP) is 3.85. The summed E-state index contributed by atoms with van der Waals surface area (Å²) in [7, 11) is -4.13. The number of nitrogens with zero attached hydrogens (tertiary/aromatic N) is 1. The minimum Gasteiger partial charge on any atom is -0.474 e. The minimum absolute atomic E-state index is 0.0853. The lowest BCUT2D eigenvalue weighted by Crippen LogP contribution is -2.32. The highest BCUT2D eigenvalue weighted by Crippen LogP contribution is 2.43. The molecule has 0 saturated heterocycles. The van der Waals surface area contributed by atoms with Crippen LogP contribution >= 0.6 is 0 Å². The van der Waals surface area contributed by atoms with E-state index in [0.29, 0.717) is 19.0 Å². The van der Waals surface area contributed by atoms with Gasteiger partial charge in [0.1, 0.15) is 11.5 Å². The van der Waals surface area contributed by atoms with Gasteiger partial charge >= 0.3 is 6.18 Å². The Kier molecular flexibility index (Phi) is 5.42. The van der Waals surface area contributed by atoms with Crippen LogP contribution in [0.3, 0.4) is 0 Å². The van der Waals surface area contributed by atoms with Crippen LogP contribution in [0.25, 0.3) is 11.1 Å². The molecular formula is C19H20F3NO4S. The van der Waals surface area contributed by atoms with E-state index in [1.54, 1.807) is 6.07 Å². The third-order valence-corrected chi connectivity index (χ3v) is 5.87. The summed E-state index contributed by atoms with van der Waals surface area (Å²) >= 11 is 0. The fraction of sp³-hybridized carbons (Fsp3) is 0.421. The lowest BCUT2D eigenvalue weighted by Gasteiger charge is -2.24. The minimum atomic E-state index is -4.81. The first-order valence-electron chi connectivity index (χ1n) is 8.72. The number of alkyl halides is 3. The molecule has 3 rings (SSSR count). The average molecular weight is 415 g/mol. The van der Waals surface area contributed by atoms with Crippen LogP contribution in [0.15, 0.2) is 41.4 Å². The zero-order valence-corrected chi connectivity index (χ0v) is 16.0. The highest BCUT2D eigenvalue weighted by molar-refractivity contribution is 7.91. The quantitative estimate of drug-likeness (QED) is 0.803. The molecule has 1 aromatic heterocycles. The fourth-order valence-corrected chi connectivity index (χ4v) is 4.44. The van der Waals surface area contributed by atoms with Crippen LogP contribution in [0, 0.1) is 0 Å². The maximum Gasteiger partial charge on any atom is 0.418 e. The second-order valence-electron chi connectivity index (χ2n) is 7.04. The van der Waals surface area contributed by atoms with Crippen LogP contribution in [0.5, 0.6) is 5.88 Å². The molecule has 1 aliphatic carbocycles. The van der Waals surface area contributed by atoms with Gasteiger partial charge in [-0.15, -0.1) is 0 Å². The normalized spacial score (nSPS) is 16.9. The summed E-state index contributed by atoms with van der Waals surface area (Å²) in [4.78, 5) is 3.03. The molecular weight excluding hydrogens is 395 g/mol. The second-order valence-corrected chi connectivity index (χ2v) is 8.99. The number of halogens is 3. The van der Waals surface area contributed by atoms with Gasteiger partial charge in [-0.05, 0) is 18.4 Å². The van der Waals surface area contributed by atoms with Crippen molar-refractivity contribution >= 4 is 9.84 Å². The van der Waals surface area contributed by atoms with Gasteiger partial charge in [-0.25, -0.2) is 13.4 Å². The summed E-state index contributed by atoms with van der Waals surface area (Å²) in [5.41, 5.74) is -2.71. The van der Waals surface area contributed by atoms with Gasteiger partial charge in [0.2, 0.25) is 5.88 Å². The molecule has 0 atom stereocenters. The van der Waals surface area contributed by atoms with Gasteiger partial charge in [0.15, 0.2) is 9.84 Å². The Morgan fingerprint density at radius 1 is 1.18 bits per heavy atom. The highest BCUT2D eigenvalue weighted by atomic mass is 32.2. The van der Waals surface area contributed by atoms with Crippen LogP contribution in [-0.2, 0) is 16.0 Å². The van der Waals surface area contributed by atoms with E-state index in [1.807, 2.05) is 0 Å². The van der Waals surface area contributed by atoms with Crippen LogP contribution in [0.1, 0.15) is 31.2 Å². The van der Waals surface area contributed by atoms with E-state index in [-0.39, 0.29) is 12.2 Å². The second kappa shape index (κ2) is 7.36. The largest absolute Gasteiger partial charge is 0.474 e. The van der Waals surface area contributed by atoms with Crippen molar-refractivity contribution in [3.63, 3.8) is 0 Å². The highest BCUT2D eigenvalue weighted by Gasteiger charge is 2.39. The Bertz CT molecular complexity index is 953. The van der Waals surface area contributed by atoms with E-state index in [2.05, 4.69) is 4.98 Å². The number of rotatable bonds is 5. The van der Waals surface area contributed by atoms with Crippen molar-refractivity contribution in [2.75, 3.05) is 12.9 Å². The first-order chi connectivity index (χ1) is 13.0. The lowest BCUT2D eigenvalue weighted by molar-refractivity contribution is -0.137. The van der Waals surface area contributed by atoms with Crippen LogP contribution < -0.4 is 4.74 Å². The molecule has 1 aliphatic rings. The molecule has 0 aliphatic heterocycles. The Morgan fingerprint density at radius 2 is 1.79 bits per heavy atom. The number of ether oxygens (including phenoxy) is 1. The standard InChI is InChI=1S/C19H20F3NO4S/c1-28(25,26)16-15(13-7-3-2-4-8-13)14(19(20,21)22)11-23-17(16)27-12-18(24)9-5-6-10-18/h2-4,7-8,11,24H,5-6,9-10,12H2,1H3. The van der Waals surface area contributed by atoms with Crippen LogP contribution in [0.4, 0.5) is 13.2 Å². The number of hydrogen-bond acceptors (Lipinski definition) is 5. The van der Waals surface area contributed by atoms with E-state index in [9.17, 15) is 26.7 Å². The molecule has 5 nitrogen and oxygen atoms in total. The molecule has 152 valence electrons. The molecule has 9 heteroatoms. The van der Waals surface area contributed by atoms with Gasteiger partial charge in [-0.3, -0.25) is 0 Å². The SMILES string of the molecule is CS(=O)(=O)c1c(OCC2(O)CCCC2)ncc(C(F)(F)F)c1-c1ccccc1. The van der Waals surface area contributed by atoms with Gasteiger partial charge in [0.05, 0.1) is 11.2 Å². The number of hydrogen-bond donors (Lipinski definition) is 1. The Hall–Kier alpha value is -2.13. The zero-order chi connectivity index (χ0) is 20.6. The first kappa shape index (κ1) is 20.6. The smallest absolute Gasteiger partial charge is 0.418 e. The molecule has 0 spiro atoms. The molecule has 2 aromatic rings. The van der Waals surface area contributed by atoms with E-state index in [1.165, 1.54) is 24.3 Å². The van der Waals surface area contributed by atoms with Crippen molar-refractivity contribution in [1.29, 1.82) is 0 Å². The van der Waals surface area contributed by atoms with Gasteiger partial charge in [0.25, 0.3) is 0 Å². The van der Waals surface area contributed by atoms with E-state index < -0.39 is 43.5 Å². The topological polar surface area (TPSA) is 76.5 Å². The van der Waals surface area contributed by atoms with Crippen molar-refractivity contribution in [3.8, 4) is 17.0 Å². The Balaban J connectivity index is 2.19. The maximum absolute atomic E-state index is 13.6. The summed E-state index contributed by atoms with van der Waals surface area (Å²) in [5, 5.41) is 10.4. The first-order valence-corrected chi connectivity index (χ1v) is 10.6. The van der Waals surface area contributed by atoms with Crippen LogP contribution in [0.2, 0.25) is 0 Å². The van der Waals surface area contributed by atoms with E-state index in [4.69, 9.17) is 4.74 Å². The molecule has 1 N–H and O–H groups in total. The third-order valence-electron chi connectivity index (χ3n) is 4.75. The molecule has 0 amide bonds. The summed E-state index contributed by atoms with van der Waals surface area (Å²) in [6.45, 7) is -0.234. The van der Waals surface area contributed by atoms with Crippen molar-refractivity contribution in [1.82, 2.24) is 4.98 Å². The van der Waals surface area contributed by atoms with Gasteiger partial charge in [-0.1, -0.05) is 43.2 Å². The number of aliphatic hydroxyl groups is 1. The summed E-state index contributed by atoms with van der Waals surface area (Å²) in [6, 6.07) is 7.44. The van der Waals surface area contributed by atoms with Gasteiger partial charge in [-0.2, -0.15) is 13.2 Å². The molecule has 0 radical (unpaired) electrons. The molecule has 0 bridgehead atoms. The maximum atomic E-state index is 13.6. The molecule has 28 heavy (non-hydrogen) atoms. The Labute approximate surface area is 161 Å². The molecule has 0 unspecified atom stereocenters. The molecule has 1 aromatic carbocycles. The summed E-state index contributed by atoms with van der Waals surface area (Å²) < 4.78 is 71.2. The Morgan fingerprint density at radius 3 is 2.32 bits per heavy atom. The molecule has 1 heterocycles. The predicted molar refractivity (Wildman–Crippen MR) is 96.7 cm³/mol. The van der Waals surface area contributed by atoms with E-state index in [0.717, 1.165) is 19.1 Å². The number of benzene rings is 1. The third kappa shape index (κ3) is 4.30. The number of sulfone groups is 1. The zero-order valence-electron chi connectivity index (χ0n) is 15.2. The van der Waals surface area contributed by atoms with Gasteiger partial charge in [0, 0.05) is 18.0 Å². The van der Waals surface area contributed by atoms with Crippen molar-refractivity contribution in [2.45, 2.75) is 42.4 Å². The van der Waals surface area contributed by atoms with Crippen LogP contribution in [-0.4, -0.2) is 37.0 Å². The van der Waals surface area contributed by atoms with Gasteiger partial charge < -0.3 is 9.84 Å². The lowest BCUT2D eigenvalue weighted by atomic mass is 10.0. The van der Waals surface area contributed by atoms with E-state index >= 15 is 0 Å². The average Bonchev–Trinajstić information content (AvgIpc) is 3.05.